The van der Waals surface area contributed by atoms with Gasteiger partial charge in [-0.25, -0.2) is 9.78 Å². The van der Waals surface area contributed by atoms with Gasteiger partial charge in [-0.1, -0.05) is 0 Å². The molecule has 5 nitrogen and oxygen atoms in total. The Balaban J connectivity index is 2.01. The number of carboxylic acids is 1. The van der Waals surface area contributed by atoms with Crippen LogP contribution in [0.25, 0.3) is 0 Å². The molecule has 92 valence electrons. The fourth-order valence-electron chi connectivity index (χ4n) is 2.03. The van der Waals surface area contributed by atoms with E-state index >= 15 is 0 Å². The smallest absolute Gasteiger partial charge is 0.341 e. The number of pyridine rings is 1. The zero-order valence-corrected chi connectivity index (χ0v) is 9.80. The molecule has 0 aromatic carbocycles. The van der Waals surface area contributed by atoms with E-state index in [9.17, 15) is 4.79 Å². The highest BCUT2D eigenvalue weighted by atomic mass is 16.5. The summed E-state index contributed by atoms with van der Waals surface area (Å²) in [6.07, 6.45) is 3.80. The zero-order valence-electron chi connectivity index (χ0n) is 9.80. The zero-order chi connectivity index (χ0) is 12.3. The molecule has 0 amide bonds. The number of likely N-dealkylation sites (tertiary alicyclic amines) is 1. The van der Waals surface area contributed by atoms with Crippen molar-refractivity contribution in [1.82, 2.24) is 9.88 Å². The van der Waals surface area contributed by atoms with E-state index in [1.807, 2.05) is 0 Å². The summed E-state index contributed by atoms with van der Waals surface area (Å²) in [5.41, 5.74) is 0.119. The average Bonchev–Trinajstić information content (AvgIpc) is 2.72. The Labute approximate surface area is 100 Å². The molecule has 0 aliphatic carbocycles. The minimum absolute atomic E-state index is 0.119. The maximum Gasteiger partial charge on any atom is 0.341 e. The molecule has 1 atom stereocenters. The van der Waals surface area contributed by atoms with Gasteiger partial charge in [0.15, 0.2) is 0 Å². The number of carboxylic acid groups (broad SMARTS) is 1. The van der Waals surface area contributed by atoms with E-state index in [2.05, 4.69) is 16.9 Å². The van der Waals surface area contributed by atoms with Gasteiger partial charge in [-0.2, -0.15) is 0 Å². The summed E-state index contributed by atoms with van der Waals surface area (Å²) in [5.74, 6) is -0.798. The predicted molar refractivity (Wildman–Crippen MR) is 62.3 cm³/mol. The molecule has 1 aliphatic rings. The lowest BCUT2D eigenvalue weighted by atomic mass is 10.2. The van der Waals surface area contributed by atoms with E-state index in [1.54, 1.807) is 12.3 Å². The summed E-state index contributed by atoms with van der Waals surface area (Å²) in [5, 5.41) is 8.98. The lowest BCUT2D eigenvalue weighted by Gasteiger charge is -2.19. The molecule has 1 fully saturated rings. The van der Waals surface area contributed by atoms with Gasteiger partial charge in [0.2, 0.25) is 5.88 Å². The van der Waals surface area contributed by atoms with Gasteiger partial charge in [-0.05, 0) is 38.6 Å². The molecule has 1 saturated heterocycles. The highest BCUT2D eigenvalue weighted by molar-refractivity contribution is 5.90. The topological polar surface area (TPSA) is 62.7 Å². The number of hydrogen-bond acceptors (Lipinski definition) is 4. The van der Waals surface area contributed by atoms with Gasteiger partial charge in [-0.3, -0.25) is 0 Å². The molecule has 1 N–H and O–H groups in total. The first-order valence-electron chi connectivity index (χ1n) is 5.70. The molecule has 1 aliphatic heterocycles. The second kappa shape index (κ2) is 5.14. The molecule has 1 aromatic heterocycles. The molecular weight excluding hydrogens is 220 g/mol. The number of carbonyl (C=O) groups is 1. The number of aromatic nitrogens is 1. The molecule has 5 heteroatoms. The van der Waals surface area contributed by atoms with Crippen LogP contribution < -0.4 is 4.74 Å². The van der Waals surface area contributed by atoms with Crippen molar-refractivity contribution in [3.63, 3.8) is 0 Å². The molecule has 1 aromatic rings. The summed E-state index contributed by atoms with van der Waals surface area (Å²) in [6, 6.07) is 3.46. The number of rotatable bonds is 4. The molecular formula is C12H16N2O3. The Morgan fingerprint density at radius 3 is 3.18 bits per heavy atom. The van der Waals surface area contributed by atoms with Crippen LogP contribution in [-0.2, 0) is 0 Å². The molecule has 17 heavy (non-hydrogen) atoms. The van der Waals surface area contributed by atoms with Gasteiger partial charge in [0.25, 0.3) is 0 Å². The fraction of sp³-hybridized carbons (Fsp3) is 0.500. The molecule has 0 spiro atoms. The molecule has 2 heterocycles. The molecule has 2 rings (SSSR count). The van der Waals surface area contributed by atoms with Crippen molar-refractivity contribution in [3.8, 4) is 5.88 Å². The lowest BCUT2D eigenvalue weighted by Crippen LogP contribution is -2.31. The van der Waals surface area contributed by atoms with Crippen molar-refractivity contribution in [2.75, 3.05) is 20.2 Å². The van der Waals surface area contributed by atoms with Crippen LogP contribution in [0.1, 0.15) is 23.2 Å². The van der Waals surface area contributed by atoms with Crippen LogP contribution in [-0.4, -0.2) is 47.2 Å². The van der Waals surface area contributed by atoms with E-state index in [-0.39, 0.29) is 11.4 Å². The number of nitrogens with zero attached hydrogens (tertiary/aromatic N) is 2. The largest absolute Gasteiger partial charge is 0.477 e. The first-order valence-corrected chi connectivity index (χ1v) is 5.70. The lowest BCUT2D eigenvalue weighted by molar-refractivity contribution is 0.0689. The van der Waals surface area contributed by atoms with Crippen LogP contribution in [0, 0.1) is 0 Å². The van der Waals surface area contributed by atoms with Crippen molar-refractivity contribution in [3.05, 3.63) is 23.9 Å². The number of aromatic carboxylic acids is 1. The summed E-state index contributed by atoms with van der Waals surface area (Å²) in [6.45, 7) is 1.57. The van der Waals surface area contributed by atoms with Crippen LogP contribution in [0.2, 0.25) is 0 Å². The standard InChI is InChI=1S/C12H16N2O3/c1-14-7-3-4-9(14)8-17-11-10(12(15)16)5-2-6-13-11/h2,5-6,9H,3-4,7-8H2,1H3,(H,15,16). The summed E-state index contributed by atoms with van der Waals surface area (Å²) in [4.78, 5) is 17.1. The Kier molecular flexibility index (Phi) is 3.58. The molecule has 0 saturated carbocycles. The van der Waals surface area contributed by atoms with E-state index in [0.717, 1.165) is 13.0 Å². The minimum Gasteiger partial charge on any atom is -0.477 e. The van der Waals surface area contributed by atoms with Gasteiger partial charge in [0.05, 0.1) is 0 Å². The first kappa shape index (κ1) is 11.9. The van der Waals surface area contributed by atoms with E-state index in [4.69, 9.17) is 9.84 Å². The highest BCUT2D eigenvalue weighted by Crippen LogP contribution is 2.18. The Morgan fingerprint density at radius 1 is 1.71 bits per heavy atom. The summed E-state index contributed by atoms with van der Waals surface area (Å²) >= 11 is 0. The van der Waals surface area contributed by atoms with E-state index < -0.39 is 5.97 Å². The number of ether oxygens (including phenoxy) is 1. The van der Waals surface area contributed by atoms with Crippen molar-refractivity contribution in [2.24, 2.45) is 0 Å². The van der Waals surface area contributed by atoms with Crippen LogP contribution in [0.5, 0.6) is 5.88 Å². The van der Waals surface area contributed by atoms with Gasteiger partial charge in [0, 0.05) is 12.2 Å². The quantitative estimate of drug-likeness (QED) is 0.852. The van der Waals surface area contributed by atoms with Gasteiger partial charge in [-0.15, -0.1) is 0 Å². The van der Waals surface area contributed by atoms with Crippen LogP contribution in [0.4, 0.5) is 0 Å². The van der Waals surface area contributed by atoms with Gasteiger partial charge < -0.3 is 14.7 Å². The maximum absolute atomic E-state index is 11.0. The Bertz CT molecular complexity index is 408. The third-order valence-corrected chi connectivity index (χ3v) is 3.09. The van der Waals surface area contributed by atoms with Gasteiger partial charge in [0.1, 0.15) is 12.2 Å². The average molecular weight is 236 g/mol. The van der Waals surface area contributed by atoms with Crippen molar-refractivity contribution >= 4 is 5.97 Å². The maximum atomic E-state index is 11.0. The molecule has 1 unspecified atom stereocenters. The summed E-state index contributed by atoms with van der Waals surface area (Å²) < 4.78 is 5.52. The minimum atomic E-state index is -1.01. The second-order valence-electron chi connectivity index (χ2n) is 4.25. The monoisotopic (exact) mass is 236 g/mol. The Morgan fingerprint density at radius 2 is 2.53 bits per heavy atom. The first-order chi connectivity index (χ1) is 8.18. The number of hydrogen-bond donors (Lipinski definition) is 1. The van der Waals surface area contributed by atoms with Crippen molar-refractivity contribution < 1.29 is 14.6 Å². The second-order valence-corrected chi connectivity index (χ2v) is 4.25. The van der Waals surface area contributed by atoms with E-state index in [1.165, 1.54) is 12.5 Å². The fourth-order valence-corrected chi connectivity index (χ4v) is 2.03. The summed E-state index contributed by atoms with van der Waals surface area (Å²) in [7, 11) is 2.05. The number of likely N-dealkylation sites (N-methyl/N-ethyl adjacent to an activating group) is 1. The SMILES string of the molecule is CN1CCCC1COc1ncccc1C(=O)O. The van der Waals surface area contributed by atoms with Crippen LogP contribution in [0.3, 0.4) is 0 Å². The third-order valence-electron chi connectivity index (χ3n) is 3.09. The normalized spacial score (nSPS) is 20.4. The van der Waals surface area contributed by atoms with Crippen molar-refractivity contribution in [1.29, 1.82) is 0 Å². The molecule has 0 bridgehead atoms. The predicted octanol–water partition coefficient (Wildman–Crippen LogP) is 1.25. The van der Waals surface area contributed by atoms with E-state index in [0.29, 0.717) is 12.6 Å². The Hall–Kier alpha value is -1.62. The van der Waals surface area contributed by atoms with Crippen molar-refractivity contribution in [2.45, 2.75) is 18.9 Å². The third kappa shape index (κ3) is 2.74. The van der Waals surface area contributed by atoms with Crippen LogP contribution >= 0.6 is 0 Å². The van der Waals surface area contributed by atoms with Crippen LogP contribution in [0.15, 0.2) is 18.3 Å². The highest BCUT2D eigenvalue weighted by Gasteiger charge is 2.22. The molecule has 0 radical (unpaired) electrons. The van der Waals surface area contributed by atoms with Gasteiger partial charge >= 0.3 is 5.97 Å².